The fourth-order valence-electron chi connectivity index (χ4n) is 0.337. The molecule has 7 heavy (non-hydrogen) atoms. The van der Waals surface area contributed by atoms with Crippen LogP contribution < -0.4 is 5.73 Å². The van der Waals surface area contributed by atoms with Crippen LogP contribution in [0.25, 0.3) is 0 Å². The Bertz CT molecular complexity index is 77.8. The average molecular weight is 103 g/mol. The average Bonchev–Trinajstić information content (AvgIpc) is 2.21. The zero-order valence-corrected chi connectivity index (χ0v) is 4.22. The molecule has 1 heterocycles. The monoisotopic (exact) mass is 103 g/mol. The van der Waals surface area contributed by atoms with Gasteiger partial charge in [-0.25, -0.2) is 0 Å². The number of ether oxygens (including phenoxy) is 1. The van der Waals surface area contributed by atoms with Gasteiger partial charge in [-0.2, -0.15) is 0 Å². The van der Waals surface area contributed by atoms with E-state index in [4.69, 9.17) is 10.8 Å². The van der Waals surface area contributed by atoms with Crippen molar-refractivity contribution < 1.29 is 9.84 Å². The molecule has 1 fully saturated rings. The van der Waals surface area contributed by atoms with Crippen LogP contribution in [0.3, 0.4) is 0 Å². The van der Waals surface area contributed by atoms with Gasteiger partial charge in [0.25, 0.3) is 0 Å². The molecular formula is C4H9NO2. The van der Waals surface area contributed by atoms with Crippen molar-refractivity contribution in [2.24, 2.45) is 5.73 Å². The number of hydrogen-bond acceptors (Lipinski definition) is 3. The molecule has 2 atom stereocenters. The van der Waals surface area contributed by atoms with Crippen LogP contribution in [0.4, 0.5) is 0 Å². The third-order valence-corrected chi connectivity index (χ3v) is 1.15. The van der Waals surface area contributed by atoms with Gasteiger partial charge in [0.2, 0.25) is 5.79 Å². The minimum absolute atomic E-state index is 0.257. The number of nitrogens with two attached hydrogens (primary N) is 1. The van der Waals surface area contributed by atoms with Gasteiger partial charge >= 0.3 is 0 Å². The molecule has 0 aromatic heterocycles. The first-order chi connectivity index (χ1) is 3.15. The molecule has 3 nitrogen and oxygen atoms in total. The molecule has 2 unspecified atom stereocenters. The van der Waals surface area contributed by atoms with Gasteiger partial charge in [0.15, 0.2) is 0 Å². The van der Waals surface area contributed by atoms with Crippen LogP contribution in [0.2, 0.25) is 0 Å². The summed E-state index contributed by atoms with van der Waals surface area (Å²) in [5.74, 6) is -0.972. The predicted octanol–water partition coefficient (Wildman–Crippen LogP) is -0.948. The lowest BCUT2D eigenvalue weighted by atomic mass is 10.2. The molecule has 3 heteroatoms. The fraction of sp³-hybridized carbons (Fsp3) is 1.00. The second-order valence-corrected chi connectivity index (χ2v) is 1.92. The maximum Gasteiger partial charge on any atom is 0.205 e. The van der Waals surface area contributed by atoms with E-state index in [9.17, 15) is 0 Å². The number of hydrogen-bond donors (Lipinski definition) is 2. The molecule has 1 aliphatic heterocycles. The van der Waals surface area contributed by atoms with E-state index in [1.54, 1.807) is 6.92 Å². The summed E-state index contributed by atoms with van der Waals surface area (Å²) in [4.78, 5) is 0. The molecule has 0 bridgehead atoms. The van der Waals surface area contributed by atoms with Gasteiger partial charge in [-0.1, -0.05) is 0 Å². The van der Waals surface area contributed by atoms with Crippen molar-refractivity contribution in [1.82, 2.24) is 0 Å². The first-order valence-corrected chi connectivity index (χ1v) is 2.27. The lowest BCUT2D eigenvalue weighted by Crippen LogP contribution is -2.34. The van der Waals surface area contributed by atoms with E-state index in [-0.39, 0.29) is 6.04 Å². The Labute approximate surface area is 42.1 Å². The van der Waals surface area contributed by atoms with Crippen LogP contribution >= 0.6 is 0 Å². The van der Waals surface area contributed by atoms with Crippen molar-refractivity contribution in [1.29, 1.82) is 0 Å². The highest BCUT2D eigenvalue weighted by molar-refractivity contribution is 4.87. The molecule has 1 rings (SSSR count). The van der Waals surface area contributed by atoms with Crippen molar-refractivity contribution in [3.05, 3.63) is 0 Å². The highest BCUT2D eigenvalue weighted by Gasteiger charge is 2.46. The Morgan fingerprint density at radius 1 is 2.00 bits per heavy atom. The Morgan fingerprint density at radius 2 is 2.43 bits per heavy atom. The van der Waals surface area contributed by atoms with Crippen LogP contribution in [-0.2, 0) is 4.74 Å². The van der Waals surface area contributed by atoms with Gasteiger partial charge in [0, 0.05) is 0 Å². The summed E-state index contributed by atoms with van der Waals surface area (Å²) in [5.41, 5.74) is 5.26. The molecule has 1 aliphatic rings. The Kier molecular flexibility index (Phi) is 0.849. The molecule has 42 valence electrons. The first kappa shape index (κ1) is 5.03. The standard InChI is InChI=1S/C4H9NO2/c1-3(5)4(6)2-7-4/h3,6H,2,5H2,1H3. The molecule has 0 aromatic carbocycles. The van der Waals surface area contributed by atoms with Crippen LogP contribution in [0, 0.1) is 0 Å². The maximum atomic E-state index is 8.86. The molecule has 0 aliphatic carbocycles. The van der Waals surface area contributed by atoms with E-state index >= 15 is 0 Å². The van der Waals surface area contributed by atoms with Crippen molar-refractivity contribution >= 4 is 0 Å². The zero-order valence-electron chi connectivity index (χ0n) is 4.22. The molecule has 1 saturated heterocycles. The Hall–Kier alpha value is -0.120. The van der Waals surface area contributed by atoms with E-state index in [1.165, 1.54) is 0 Å². The predicted molar refractivity (Wildman–Crippen MR) is 24.6 cm³/mol. The van der Waals surface area contributed by atoms with Gasteiger partial charge in [-0.15, -0.1) is 0 Å². The first-order valence-electron chi connectivity index (χ1n) is 2.27. The van der Waals surface area contributed by atoms with E-state index in [0.29, 0.717) is 6.61 Å². The Balaban J connectivity index is 2.39. The van der Waals surface area contributed by atoms with Crippen molar-refractivity contribution in [2.75, 3.05) is 6.61 Å². The molecular weight excluding hydrogens is 94.0 g/mol. The fourth-order valence-corrected chi connectivity index (χ4v) is 0.337. The molecule has 0 aromatic rings. The van der Waals surface area contributed by atoms with Gasteiger partial charge in [0.1, 0.15) is 6.61 Å². The second-order valence-electron chi connectivity index (χ2n) is 1.92. The molecule has 0 amide bonds. The lowest BCUT2D eigenvalue weighted by Gasteiger charge is -2.05. The number of aliphatic hydroxyl groups is 1. The van der Waals surface area contributed by atoms with E-state index < -0.39 is 5.79 Å². The van der Waals surface area contributed by atoms with Crippen molar-refractivity contribution in [3.63, 3.8) is 0 Å². The lowest BCUT2D eigenvalue weighted by molar-refractivity contribution is 0.0180. The molecule has 0 radical (unpaired) electrons. The van der Waals surface area contributed by atoms with E-state index in [0.717, 1.165) is 0 Å². The van der Waals surface area contributed by atoms with Crippen LogP contribution in [0.5, 0.6) is 0 Å². The summed E-state index contributed by atoms with van der Waals surface area (Å²) in [6, 6.07) is -0.257. The number of epoxide rings is 1. The smallest absolute Gasteiger partial charge is 0.205 e. The topological polar surface area (TPSA) is 58.8 Å². The highest BCUT2D eigenvalue weighted by atomic mass is 16.7. The summed E-state index contributed by atoms with van der Waals surface area (Å²) >= 11 is 0. The number of rotatable bonds is 1. The molecule has 0 saturated carbocycles. The minimum Gasteiger partial charge on any atom is -0.362 e. The van der Waals surface area contributed by atoms with Gasteiger partial charge in [-0.05, 0) is 6.92 Å². The minimum atomic E-state index is -0.972. The SMILES string of the molecule is CC(N)C1(O)CO1. The van der Waals surface area contributed by atoms with E-state index in [2.05, 4.69) is 4.74 Å². The summed E-state index contributed by atoms with van der Waals surface area (Å²) in [5, 5.41) is 8.86. The van der Waals surface area contributed by atoms with Gasteiger partial charge in [0.05, 0.1) is 6.04 Å². The van der Waals surface area contributed by atoms with Crippen molar-refractivity contribution in [3.8, 4) is 0 Å². The normalized spacial score (nSPS) is 43.3. The Morgan fingerprint density at radius 3 is 2.43 bits per heavy atom. The summed E-state index contributed by atoms with van der Waals surface area (Å²) < 4.78 is 4.59. The third kappa shape index (κ3) is 0.748. The second kappa shape index (κ2) is 1.18. The van der Waals surface area contributed by atoms with Gasteiger partial charge < -0.3 is 15.6 Å². The zero-order chi connectivity index (χ0) is 5.49. The maximum absolute atomic E-state index is 8.86. The van der Waals surface area contributed by atoms with Gasteiger partial charge in [-0.3, -0.25) is 0 Å². The van der Waals surface area contributed by atoms with Crippen LogP contribution in [0.1, 0.15) is 6.92 Å². The molecule has 3 N–H and O–H groups in total. The summed E-state index contributed by atoms with van der Waals surface area (Å²) in [7, 11) is 0. The highest BCUT2D eigenvalue weighted by Crippen LogP contribution is 2.24. The molecule has 0 spiro atoms. The largest absolute Gasteiger partial charge is 0.362 e. The van der Waals surface area contributed by atoms with E-state index in [1.807, 2.05) is 0 Å². The summed E-state index contributed by atoms with van der Waals surface area (Å²) in [6.45, 7) is 2.11. The summed E-state index contributed by atoms with van der Waals surface area (Å²) in [6.07, 6.45) is 0. The van der Waals surface area contributed by atoms with Crippen molar-refractivity contribution in [2.45, 2.75) is 18.8 Å². The third-order valence-electron chi connectivity index (χ3n) is 1.15. The van der Waals surface area contributed by atoms with Crippen LogP contribution in [0.15, 0.2) is 0 Å². The van der Waals surface area contributed by atoms with Crippen LogP contribution in [-0.4, -0.2) is 23.5 Å². The quantitative estimate of drug-likeness (QED) is 0.421.